The number of hydrogen-bond donors (Lipinski definition) is 2. The number of aromatic nitrogens is 1. The molecule has 0 bridgehead atoms. The molecule has 0 aliphatic carbocycles. The van der Waals surface area contributed by atoms with Crippen molar-refractivity contribution in [2.24, 2.45) is 5.84 Å². The van der Waals surface area contributed by atoms with E-state index in [2.05, 4.69) is 43.0 Å². The van der Waals surface area contributed by atoms with Crippen molar-refractivity contribution in [2.45, 2.75) is 38.6 Å². The topological polar surface area (TPSA) is 50.9 Å². The maximum atomic E-state index is 5.64. The Morgan fingerprint density at radius 2 is 2.17 bits per heavy atom. The Kier molecular flexibility index (Phi) is 4.17. The first-order valence-electron chi connectivity index (χ1n) is 5.95. The summed E-state index contributed by atoms with van der Waals surface area (Å²) in [5.74, 6) is 5.64. The average molecular weight is 281 g/mol. The van der Waals surface area contributed by atoms with Crippen molar-refractivity contribution >= 4 is 22.7 Å². The number of hydrazine groups is 1. The molecule has 0 saturated carbocycles. The van der Waals surface area contributed by atoms with E-state index in [0.29, 0.717) is 0 Å². The minimum atomic E-state index is 0.114. The molecule has 0 amide bonds. The zero-order valence-electron chi connectivity index (χ0n) is 10.9. The second-order valence-electron chi connectivity index (χ2n) is 5.32. The summed E-state index contributed by atoms with van der Waals surface area (Å²) >= 11 is 3.44. The lowest BCUT2D eigenvalue weighted by molar-refractivity contribution is 0.547. The van der Waals surface area contributed by atoms with E-state index in [9.17, 15) is 0 Å². The van der Waals surface area contributed by atoms with Crippen molar-refractivity contribution in [3.05, 3.63) is 38.5 Å². The van der Waals surface area contributed by atoms with Gasteiger partial charge in [0.2, 0.25) is 0 Å². The monoisotopic (exact) mass is 281 g/mol. The van der Waals surface area contributed by atoms with Gasteiger partial charge in [-0.15, -0.1) is 22.7 Å². The fraction of sp³-hybridized carbons (Fsp3) is 0.462. The van der Waals surface area contributed by atoms with Crippen LogP contribution in [0.3, 0.4) is 0 Å². The molecule has 1 unspecified atom stereocenters. The van der Waals surface area contributed by atoms with Crippen LogP contribution in [0, 0.1) is 0 Å². The van der Waals surface area contributed by atoms with Crippen LogP contribution in [0.25, 0.3) is 0 Å². The lowest BCUT2D eigenvalue weighted by atomic mass is 9.93. The van der Waals surface area contributed by atoms with Crippen molar-refractivity contribution in [3.8, 4) is 0 Å². The lowest BCUT2D eigenvalue weighted by Gasteiger charge is -2.15. The normalized spacial score (nSPS) is 13.8. The van der Waals surface area contributed by atoms with Crippen LogP contribution in [0.5, 0.6) is 0 Å². The molecule has 1 atom stereocenters. The number of nitrogens with one attached hydrogen (secondary N) is 1. The molecule has 3 nitrogen and oxygen atoms in total. The summed E-state index contributed by atoms with van der Waals surface area (Å²) in [6.07, 6.45) is 0.845. The quantitative estimate of drug-likeness (QED) is 0.668. The van der Waals surface area contributed by atoms with Crippen LogP contribution in [0.2, 0.25) is 0 Å². The van der Waals surface area contributed by atoms with Gasteiger partial charge in [0.1, 0.15) is 0 Å². The second-order valence-corrected chi connectivity index (χ2v) is 7.24. The predicted octanol–water partition coefficient (Wildman–Crippen LogP) is 3.25. The van der Waals surface area contributed by atoms with E-state index in [1.807, 2.05) is 6.07 Å². The van der Waals surface area contributed by atoms with Crippen molar-refractivity contribution in [3.63, 3.8) is 0 Å². The molecular formula is C13H19N3S2. The Hall–Kier alpha value is -0.750. The van der Waals surface area contributed by atoms with Crippen molar-refractivity contribution in [1.29, 1.82) is 0 Å². The van der Waals surface area contributed by atoms with Crippen LogP contribution in [0.15, 0.2) is 22.9 Å². The molecule has 0 radical (unpaired) electrons. The smallest absolute Gasteiger partial charge is 0.0948 e. The summed E-state index contributed by atoms with van der Waals surface area (Å²) in [4.78, 5) is 5.96. The largest absolute Gasteiger partial charge is 0.271 e. The summed E-state index contributed by atoms with van der Waals surface area (Å²) in [6, 6.07) is 4.31. The fourth-order valence-electron chi connectivity index (χ4n) is 1.65. The molecule has 2 aromatic rings. The van der Waals surface area contributed by atoms with E-state index in [1.165, 1.54) is 4.88 Å². The Bertz CT molecular complexity index is 483. The minimum Gasteiger partial charge on any atom is -0.271 e. The molecule has 0 aromatic carbocycles. The second kappa shape index (κ2) is 5.48. The lowest BCUT2D eigenvalue weighted by Crippen LogP contribution is -2.29. The molecule has 0 spiro atoms. The van der Waals surface area contributed by atoms with Crippen LogP contribution in [0.1, 0.15) is 42.4 Å². The van der Waals surface area contributed by atoms with Crippen LogP contribution < -0.4 is 11.3 Å². The molecule has 0 aliphatic heterocycles. The highest BCUT2D eigenvalue weighted by atomic mass is 32.1. The van der Waals surface area contributed by atoms with Gasteiger partial charge in [0, 0.05) is 22.1 Å². The molecule has 5 heteroatoms. The SMILES string of the molecule is CC(C)(C)c1csc(CC(NN)c2cccs2)n1. The maximum absolute atomic E-state index is 5.64. The van der Waals surface area contributed by atoms with Gasteiger partial charge in [-0.1, -0.05) is 26.8 Å². The van der Waals surface area contributed by atoms with Gasteiger partial charge in [-0.2, -0.15) is 0 Å². The van der Waals surface area contributed by atoms with Gasteiger partial charge in [-0.25, -0.2) is 4.98 Å². The molecule has 2 heterocycles. The Balaban J connectivity index is 2.11. The van der Waals surface area contributed by atoms with Gasteiger partial charge >= 0.3 is 0 Å². The zero-order valence-corrected chi connectivity index (χ0v) is 12.6. The summed E-state index contributed by atoms with van der Waals surface area (Å²) < 4.78 is 0. The molecule has 0 saturated heterocycles. The zero-order chi connectivity index (χ0) is 13.2. The first kappa shape index (κ1) is 13.7. The van der Waals surface area contributed by atoms with E-state index >= 15 is 0 Å². The van der Waals surface area contributed by atoms with Gasteiger partial charge in [0.25, 0.3) is 0 Å². The van der Waals surface area contributed by atoms with E-state index < -0.39 is 0 Å². The van der Waals surface area contributed by atoms with E-state index in [1.54, 1.807) is 22.7 Å². The maximum Gasteiger partial charge on any atom is 0.0948 e. The number of nitrogens with zero attached hydrogens (tertiary/aromatic N) is 1. The molecule has 3 N–H and O–H groups in total. The number of rotatable bonds is 4. The first-order valence-corrected chi connectivity index (χ1v) is 7.71. The van der Waals surface area contributed by atoms with Crippen LogP contribution in [-0.2, 0) is 11.8 Å². The van der Waals surface area contributed by atoms with Gasteiger partial charge in [0.15, 0.2) is 0 Å². The third kappa shape index (κ3) is 3.17. The third-order valence-corrected chi connectivity index (χ3v) is 4.64. The Morgan fingerprint density at radius 1 is 1.39 bits per heavy atom. The summed E-state index contributed by atoms with van der Waals surface area (Å²) in [5, 5.41) is 5.36. The van der Waals surface area contributed by atoms with Crippen molar-refractivity contribution < 1.29 is 0 Å². The van der Waals surface area contributed by atoms with Crippen molar-refractivity contribution in [1.82, 2.24) is 10.4 Å². The Morgan fingerprint density at radius 3 is 2.67 bits per heavy atom. The highest BCUT2D eigenvalue weighted by Gasteiger charge is 2.19. The van der Waals surface area contributed by atoms with Gasteiger partial charge in [-0.05, 0) is 11.4 Å². The average Bonchev–Trinajstić information content (AvgIpc) is 2.95. The molecule has 2 rings (SSSR count). The number of thiazole rings is 1. The fourth-order valence-corrected chi connectivity index (χ4v) is 3.51. The van der Waals surface area contributed by atoms with E-state index in [0.717, 1.165) is 17.1 Å². The highest BCUT2D eigenvalue weighted by Crippen LogP contribution is 2.27. The predicted molar refractivity (Wildman–Crippen MR) is 78.9 cm³/mol. The molecule has 0 aliphatic rings. The van der Waals surface area contributed by atoms with Gasteiger partial charge in [-0.3, -0.25) is 11.3 Å². The van der Waals surface area contributed by atoms with Crippen LogP contribution in [-0.4, -0.2) is 4.98 Å². The van der Waals surface area contributed by atoms with E-state index in [-0.39, 0.29) is 11.5 Å². The number of hydrogen-bond acceptors (Lipinski definition) is 5. The van der Waals surface area contributed by atoms with E-state index in [4.69, 9.17) is 10.8 Å². The van der Waals surface area contributed by atoms with Crippen LogP contribution >= 0.6 is 22.7 Å². The first-order chi connectivity index (χ1) is 8.50. The summed E-state index contributed by atoms with van der Waals surface area (Å²) in [5.41, 5.74) is 4.15. The Labute approximate surface area is 116 Å². The van der Waals surface area contributed by atoms with Gasteiger partial charge in [0.05, 0.1) is 16.7 Å². The standard InChI is InChI=1S/C13H19N3S2/c1-13(2,3)11-8-18-12(15-11)7-9(16-14)10-5-4-6-17-10/h4-6,8-9,16H,7,14H2,1-3H3. The highest BCUT2D eigenvalue weighted by molar-refractivity contribution is 7.10. The summed E-state index contributed by atoms with van der Waals surface area (Å²) in [7, 11) is 0. The van der Waals surface area contributed by atoms with Crippen LogP contribution in [0.4, 0.5) is 0 Å². The molecular weight excluding hydrogens is 262 g/mol. The van der Waals surface area contributed by atoms with Gasteiger partial charge < -0.3 is 0 Å². The summed E-state index contributed by atoms with van der Waals surface area (Å²) in [6.45, 7) is 6.55. The number of thiophene rings is 1. The molecule has 2 aromatic heterocycles. The number of nitrogens with two attached hydrogens (primary N) is 1. The molecule has 0 fully saturated rings. The molecule has 18 heavy (non-hydrogen) atoms. The third-order valence-electron chi connectivity index (χ3n) is 2.79. The van der Waals surface area contributed by atoms with Crippen molar-refractivity contribution in [2.75, 3.05) is 0 Å². The molecule has 98 valence electrons. The minimum absolute atomic E-state index is 0.114.